The topological polar surface area (TPSA) is 117 Å². The Morgan fingerprint density at radius 2 is 0.946 bits per heavy atom. The number of esters is 1. The van der Waals surface area contributed by atoms with Crippen LogP contribution in [-0.4, -0.2) is 49.9 Å². The summed E-state index contributed by atoms with van der Waals surface area (Å²) in [4.78, 5) is 22.5. The lowest BCUT2D eigenvalue weighted by Gasteiger charge is -2.20. The summed E-state index contributed by atoms with van der Waals surface area (Å²) < 4.78 is 33.4. The van der Waals surface area contributed by atoms with Gasteiger partial charge < -0.3 is 20.1 Å². The summed E-state index contributed by atoms with van der Waals surface area (Å²) in [6, 6.07) is 0. The van der Waals surface area contributed by atoms with Crippen molar-refractivity contribution in [2.45, 2.75) is 148 Å². The molecule has 0 aliphatic carbocycles. The van der Waals surface area contributed by atoms with E-state index in [4.69, 9.17) is 24.3 Å². The van der Waals surface area contributed by atoms with Crippen molar-refractivity contribution in [1.82, 2.24) is 0 Å². The van der Waals surface area contributed by atoms with E-state index in [0.29, 0.717) is 6.61 Å². The molecule has 0 amide bonds. The smallest absolute Gasteiger partial charge is 0.457 e. The molecule has 2 atom stereocenters. The number of carbonyl (C=O) groups is 1. The number of carbonyl (C=O) groups excluding carboxylic acids is 1. The molecule has 2 unspecified atom stereocenters. The largest absolute Gasteiger partial charge is 0.472 e. The van der Waals surface area contributed by atoms with Gasteiger partial charge in [0.2, 0.25) is 0 Å². The molecule has 0 fully saturated rings. The zero-order chi connectivity index (χ0) is 40.9. The van der Waals surface area contributed by atoms with Crippen LogP contribution in [0.25, 0.3) is 0 Å². The third-order valence-corrected chi connectivity index (χ3v) is 9.17. The normalized spacial score (nSPS) is 14.6. The number of rotatable bonds is 39. The van der Waals surface area contributed by atoms with Crippen LogP contribution in [0, 0.1) is 0 Å². The summed E-state index contributed by atoms with van der Waals surface area (Å²) >= 11 is 0. The first kappa shape index (κ1) is 53.2. The van der Waals surface area contributed by atoms with Gasteiger partial charge in [-0.3, -0.25) is 13.8 Å². The van der Waals surface area contributed by atoms with E-state index in [1.165, 1.54) is 0 Å². The average molecular weight is 800 g/mol. The maximum Gasteiger partial charge on any atom is 0.472 e. The fraction of sp³-hybridized carbons (Fsp3) is 0.596. The highest BCUT2D eigenvalue weighted by Gasteiger charge is 2.25. The van der Waals surface area contributed by atoms with Crippen molar-refractivity contribution in [2.75, 3.05) is 33.0 Å². The lowest BCUT2D eigenvalue weighted by Crippen LogP contribution is -2.28. The lowest BCUT2D eigenvalue weighted by molar-refractivity contribution is -0.154. The average Bonchev–Trinajstić information content (AvgIpc) is 3.19. The van der Waals surface area contributed by atoms with Gasteiger partial charge >= 0.3 is 13.8 Å². The monoisotopic (exact) mass is 800 g/mol. The number of nitrogens with two attached hydrogens (primary N) is 1. The molecule has 0 aromatic carbocycles. The standard InChI is InChI=1S/C47H78NO7P/c1-3-5-7-9-11-13-15-17-19-20-21-22-23-24-25-27-29-31-33-35-37-39-42-52-44-46(45-54-56(50,51)53-43-41-48)55-47(49)40-38-36-34-32-30-28-26-18-16-14-12-10-8-6-4-2/h5-8,11-14,17-19,21-22,24-26,29,31,46H,3-4,9-10,15-16,20,23,27-28,30,32-45,48H2,1-2H3,(H,50,51)/b7-5-,8-6-,13-11-,14-12-,19-17-,22-21-,25-24-,26-18-,31-29-. The predicted octanol–water partition coefficient (Wildman–Crippen LogP) is 12.9. The van der Waals surface area contributed by atoms with Crippen LogP contribution in [0.15, 0.2) is 109 Å². The van der Waals surface area contributed by atoms with Crippen LogP contribution in [0.4, 0.5) is 0 Å². The molecule has 3 N–H and O–H groups in total. The second kappa shape index (κ2) is 43.3. The van der Waals surface area contributed by atoms with Crippen molar-refractivity contribution < 1.29 is 32.8 Å². The van der Waals surface area contributed by atoms with E-state index in [1.54, 1.807) is 0 Å². The summed E-state index contributed by atoms with van der Waals surface area (Å²) in [5.74, 6) is -0.365. The predicted molar refractivity (Wildman–Crippen MR) is 237 cm³/mol. The summed E-state index contributed by atoms with van der Waals surface area (Å²) in [6.07, 6.45) is 58.2. The van der Waals surface area contributed by atoms with E-state index < -0.39 is 13.9 Å². The Morgan fingerprint density at radius 1 is 0.536 bits per heavy atom. The third kappa shape index (κ3) is 42.3. The maximum absolute atomic E-state index is 12.6. The minimum Gasteiger partial charge on any atom is -0.457 e. The van der Waals surface area contributed by atoms with Crippen LogP contribution in [0.1, 0.15) is 142 Å². The Kier molecular flexibility index (Phi) is 41.1. The van der Waals surface area contributed by atoms with Crippen LogP contribution >= 0.6 is 7.82 Å². The first-order valence-corrected chi connectivity index (χ1v) is 22.9. The molecule has 0 aromatic rings. The van der Waals surface area contributed by atoms with Crippen LogP contribution < -0.4 is 5.73 Å². The molecule has 9 heteroatoms. The summed E-state index contributed by atoms with van der Waals surface area (Å²) in [5.41, 5.74) is 5.36. The minimum absolute atomic E-state index is 0.0784. The van der Waals surface area contributed by atoms with Crippen LogP contribution in [0.5, 0.6) is 0 Å². The van der Waals surface area contributed by atoms with Gasteiger partial charge in [-0.25, -0.2) is 4.57 Å². The molecule has 0 heterocycles. The zero-order valence-corrected chi connectivity index (χ0v) is 36.0. The van der Waals surface area contributed by atoms with Gasteiger partial charge in [-0.05, 0) is 96.3 Å². The second-order valence-electron chi connectivity index (χ2n) is 13.4. The van der Waals surface area contributed by atoms with E-state index in [-0.39, 0.29) is 38.8 Å². The lowest BCUT2D eigenvalue weighted by atomic mass is 10.1. The zero-order valence-electron chi connectivity index (χ0n) is 35.1. The SMILES string of the molecule is CC/C=C\C/C=C\C/C=C\C/C=C\C/C=C\C/C=C\CCCCCOCC(COP(=O)(O)OCCN)OC(=O)CCCCCCC/C=C\C/C=C\C/C=C\CC. The summed E-state index contributed by atoms with van der Waals surface area (Å²) in [5, 5.41) is 0. The third-order valence-electron chi connectivity index (χ3n) is 8.19. The van der Waals surface area contributed by atoms with E-state index in [2.05, 4.69) is 123 Å². The molecular weight excluding hydrogens is 721 g/mol. The van der Waals surface area contributed by atoms with Crippen molar-refractivity contribution >= 4 is 13.8 Å². The molecule has 0 aromatic heterocycles. The molecule has 0 radical (unpaired) electrons. The molecule has 0 saturated heterocycles. The van der Waals surface area contributed by atoms with Gasteiger partial charge in [0.25, 0.3) is 0 Å². The highest BCUT2D eigenvalue weighted by Crippen LogP contribution is 2.43. The maximum atomic E-state index is 12.6. The fourth-order valence-electron chi connectivity index (χ4n) is 5.13. The van der Waals surface area contributed by atoms with Gasteiger partial charge in [-0.15, -0.1) is 0 Å². The Bertz CT molecular complexity index is 1210. The van der Waals surface area contributed by atoms with Gasteiger partial charge in [0, 0.05) is 19.6 Å². The molecule has 0 aliphatic rings. The van der Waals surface area contributed by atoms with E-state index in [1.807, 2.05) is 0 Å². The number of unbranched alkanes of at least 4 members (excludes halogenated alkanes) is 8. The highest BCUT2D eigenvalue weighted by atomic mass is 31.2. The number of phosphoric ester groups is 1. The number of hydrogen-bond acceptors (Lipinski definition) is 7. The van der Waals surface area contributed by atoms with Crippen LogP contribution in [0.2, 0.25) is 0 Å². The molecule has 318 valence electrons. The van der Waals surface area contributed by atoms with Crippen molar-refractivity contribution in [3.63, 3.8) is 0 Å². The van der Waals surface area contributed by atoms with Gasteiger partial charge in [0.1, 0.15) is 6.10 Å². The molecule has 0 bridgehead atoms. The Labute approximate surface area is 342 Å². The quantitative estimate of drug-likeness (QED) is 0.0273. The number of hydrogen-bond donors (Lipinski definition) is 2. The molecular formula is C47H78NO7P. The van der Waals surface area contributed by atoms with Crippen molar-refractivity contribution in [1.29, 1.82) is 0 Å². The summed E-state index contributed by atoms with van der Waals surface area (Å²) in [6.45, 7) is 4.54. The first-order chi connectivity index (χ1) is 27.4. The number of phosphoric acid groups is 1. The van der Waals surface area contributed by atoms with Crippen LogP contribution in [0.3, 0.4) is 0 Å². The van der Waals surface area contributed by atoms with Gasteiger partial charge in [-0.1, -0.05) is 149 Å². The van der Waals surface area contributed by atoms with Crippen molar-refractivity contribution in [3.05, 3.63) is 109 Å². The fourth-order valence-corrected chi connectivity index (χ4v) is 5.89. The Balaban J connectivity index is 4.17. The van der Waals surface area contributed by atoms with Gasteiger partial charge in [-0.2, -0.15) is 0 Å². The number of allylic oxidation sites excluding steroid dienone is 18. The van der Waals surface area contributed by atoms with Crippen LogP contribution in [-0.2, 0) is 27.9 Å². The molecule has 0 spiro atoms. The van der Waals surface area contributed by atoms with Crippen molar-refractivity contribution in [2.24, 2.45) is 5.73 Å². The second-order valence-corrected chi connectivity index (χ2v) is 14.9. The molecule has 0 saturated carbocycles. The molecule has 0 aliphatic heterocycles. The van der Waals surface area contributed by atoms with Crippen molar-refractivity contribution in [3.8, 4) is 0 Å². The first-order valence-electron chi connectivity index (χ1n) is 21.4. The molecule has 0 rings (SSSR count). The highest BCUT2D eigenvalue weighted by molar-refractivity contribution is 7.47. The van der Waals surface area contributed by atoms with Gasteiger partial charge in [0.15, 0.2) is 0 Å². The van der Waals surface area contributed by atoms with E-state index in [9.17, 15) is 14.3 Å². The van der Waals surface area contributed by atoms with E-state index >= 15 is 0 Å². The molecule has 56 heavy (non-hydrogen) atoms. The summed E-state index contributed by atoms with van der Waals surface area (Å²) in [7, 11) is -4.30. The van der Waals surface area contributed by atoms with Gasteiger partial charge in [0.05, 0.1) is 19.8 Å². The van der Waals surface area contributed by atoms with E-state index in [0.717, 1.165) is 122 Å². The Hall–Kier alpha value is -2.84. The molecule has 8 nitrogen and oxygen atoms in total. The minimum atomic E-state index is -4.30. The number of ether oxygens (including phenoxy) is 2. The Morgan fingerprint density at radius 3 is 1.41 bits per heavy atom.